The lowest BCUT2D eigenvalue weighted by atomic mass is 10.1. The van der Waals surface area contributed by atoms with E-state index in [0.29, 0.717) is 34.2 Å². The van der Waals surface area contributed by atoms with Crippen molar-refractivity contribution in [1.82, 2.24) is 0 Å². The number of hydrogen-bond acceptors (Lipinski definition) is 5. The molecule has 0 atom stereocenters. The molecule has 0 radical (unpaired) electrons. The second-order valence-corrected chi connectivity index (χ2v) is 7.04. The SMILES string of the molecule is O=C(Nc1ccccc1C(=O)OCc1cc(Cl)cc2c1OCOC2)c1ccccc1. The van der Waals surface area contributed by atoms with E-state index in [9.17, 15) is 9.59 Å². The van der Waals surface area contributed by atoms with Crippen LogP contribution in [0.15, 0.2) is 66.7 Å². The molecule has 3 aromatic rings. The molecule has 0 saturated heterocycles. The lowest BCUT2D eigenvalue weighted by Crippen LogP contribution is -2.16. The van der Waals surface area contributed by atoms with Gasteiger partial charge in [-0.2, -0.15) is 0 Å². The first-order chi connectivity index (χ1) is 14.6. The number of para-hydroxylation sites is 1. The van der Waals surface area contributed by atoms with Gasteiger partial charge in [0, 0.05) is 21.7 Å². The van der Waals surface area contributed by atoms with Crippen LogP contribution < -0.4 is 10.1 Å². The van der Waals surface area contributed by atoms with Crippen molar-refractivity contribution in [2.75, 3.05) is 12.1 Å². The van der Waals surface area contributed by atoms with Gasteiger partial charge in [0.05, 0.1) is 17.9 Å². The van der Waals surface area contributed by atoms with Gasteiger partial charge in [-0.1, -0.05) is 41.9 Å². The average molecular weight is 424 g/mol. The van der Waals surface area contributed by atoms with Gasteiger partial charge in [-0.25, -0.2) is 4.79 Å². The maximum Gasteiger partial charge on any atom is 0.340 e. The minimum Gasteiger partial charge on any atom is -0.467 e. The molecule has 0 fully saturated rings. The number of halogens is 1. The van der Waals surface area contributed by atoms with Crippen molar-refractivity contribution in [2.24, 2.45) is 0 Å². The monoisotopic (exact) mass is 423 g/mol. The highest BCUT2D eigenvalue weighted by Crippen LogP contribution is 2.32. The quantitative estimate of drug-likeness (QED) is 0.596. The molecule has 4 rings (SSSR count). The number of fused-ring (bicyclic) bond motifs is 1. The molecule has 0 aliphatic carbocycles. The Morgan fingerprint density at radius 3 is 2.63 bits per heavy atom. The number of ether oxygens (including phenoxy) is 3. The summed E-state index contributed by atoms with van der Waals surface area (Å²) >= 11 is 6.16. The third-order valence-corrected chi connectivity index (χ3v) is 4.76. The number of nitrogens with one attached hydrogen (secondary N) is 1. The molecule has 7 heteroatoms. The van der Waals surface area contributed by atoms with Crippen LogP contribution in [0.3, 0.4) is 0 Å². The number of benzene rings is 3. The van der Waals surface area contributed by atoms with Gasteiger partial charge < -0.3 is 19.5 Å². The van der Waals surface area contributed by atoms with Crippen LogP contribution in [0, 0.1) is 0 Å². The molecule has 0 bridgehead atoms. The van der Waals surface area contributed by atoms with Crippen LogP contribution in [0.1, 0.15) is 31.8 Å². The second-order valence-electron chi connectivity index (χ2n) is 6.61. The van der Waals surface area contributed by atoms with Crippen molar-refractivity contribution in [2.45, 2.75) is 13.2 Å². The van der Waals surface area contributed by atoms with Gasteiger partial charge in [0.15, 0.2) is 6.79 Å². The standard InChI is InChI=1S/C23H18ClNO5/c24-18-10-16-12-28-14-30-21(16)17(11-18)13-29-23(27)19-8-4-5-9-20(19)25-22(26)15-6-2-1-3-7-15/h1-11H,12-14H2,(H,25,26). The fourth-order valence-corrected chi connectivity index (χ4v) is 3.40. The highest BCUT2D eigenvalue weighted by atomic mass is 35.5. The predicted molar refractivity (Wildman–Crippen MR) is 112 cm³/mol. The number of carbonyl (C=O) groups is 2. The normalized spacial score (nSPS) is 12.4. The maximum atomic E-state index is 12.7. The molecular weight excluding hydrogens is 406 g/mol. The van der Waals surface area contributed by atoms with Crippen molar-refractivity contribution in [3.8, 4) is 5.75 Å². The van der Waals surface area contributed by atoms with Gasteiger partial charge in [0.2, 0.25) is 0 Å². The summed E-state index contributed by atoms with van der Waals surface area (Å²) in [5, 5.41) is 3.27. The molecule has 1 aliphatic heterocycles. The molecule has 1 N–H and O–H groups in total. The third-order valence-electron chi connectivity index (χ3n) is 4.54. The lowest BCUT2D eigenvalue weighted by molar-refractivity contribution is -0.0180. The number of hydrogen-bond donors (Lipinski definition) is 1. The smallest absolute Gasteiger partial charge is 0.340 e. The van der Waals surface area contributed by atoms with E-state index < -0.39 is 5.97 Å². The Hall–Kier alpha value is -3.35. The zero-order valence-corrected chi connectivity index (χ0v) is 16.6. The topological polar surface area (TPSA) is 73.9 Å². The summed E-state index contributed by atoms with van der Waals surface area (Å²) in [6, 6.07) is 18.9. The summed E-state index contributed by atoms with van der Waals surface area (Å²) < 4.78 is 16.3. The second kappa shape index (κ2) is 8.98. The first-order valence-corrected chi connectivity index (χ1v) is 9.64. The van der Waals surface area contributed by atoms with E-state index in [-0.39, 0.29) is 24.9 Å². The van der Waals surface area contributed by atoms with E-state index in [1.165, 1.54) is 0 Å². The Bertz CT molecular complexity index is 1080. The van der Waals surface area contributed by atoms with E-state index >= 15 is 0 Å². The average Bonchev–Trinajstić information content (AvgIpc) is 2.78. The van der Waals surface area contributed by atoms with E-state index in [4.69, 9.17) is 25.8 Å². The van der Waals surface area contributed by atoms with Crippen LogP contribution in [-0.2, 0) is 22.7 Å². The van der Waals surface area contributed by atoms with Crippen LogP contribution in [0.25, 0.3) is 0 Å². The number of carbonyl (C=O) groups excluding carboxylic acids is 2. The Morgan fingerprint density at radius 2 is 1.80 bits per heavy atom. The fraction of sp³-hybridized carbons (Fsp3) is 0.130. The molecular formula is C23H18ClNO5. The van der Waals surface area contributed by atoms with Gasteiger partial charge in [-0.05, 0) is 36.4 Å². The fourth-order valence-electron chi connectivity index (χ4n) is 3.14. The van der Waals surface area contributed by atoms with Crippen LogP contribution in [0.5, 0.6) is 5.75 Å². The molecule has 0 saturated carbocycles. The highest BCUT2D eigenvalue weighted by molar-refractivity contribution is 6.30. The summed E-state index contributed by atoms with van der Waals surface area (Å²) in [6.45, 7) is 0.484. The molecule has 6 nitrogen and oxygen atoms in total. The molecule has 0 aromatic heterocycles. The van der Waals surface area contributed by atoms with Gasteiger partial charge >= 0.3 is 5.97 Å². The zero-order valence-electron chi connectivity index (χ0n) is 15.9. The van der Waals surface area contributed by atoms with Crippen molar-refractivity contribution < 1.29 is 23.8 Å². The minimum absolute atomic E-state index is 0.0251. The zero-order chi connectivity index (χ0) is 20.9. The summed E-state index contributed by atoms with van der Waals surface area (Å²) in [5.41, 5.74) is 2.57. The van der Waals surface area contributed by atoms with Crippen molar-refractivity contribution >= 4 is 29.2 Å². The lowest BCUT2D eigenvalue weighted by Gasteiger charge is -2.21. The Balaban J connectivity index is 1.50. The number of rotatable bonds is 5. The molecule has 1 heterocycles. The minimum atomic E-state index is -0.570. The summed E-state index contributed by atoms with van der Waals surface area (Å²) in [7, 11) is 0. The van der Waals surface area contributed by atoms with E-state index in [2.05, 4.69) is 5.32 Å². The van der Waals surface area contributed by atoms with Crippen LogP contribution in [0.2, 0.25) is 5.02 Å². The van der Waals surface area contributed by atoms with Crippen molar-refractivity contribution in [3.63, 3.8) is 0 Å². The van der Waals surface area contributed by atoms with Crippen LogP contribution in [0.4, 0.5) is 5.69 Å². The first kappa shape index (κ1) is 19.9. The number of amides is 1. The Kier molecular flexibility index (Phi) is 5.97. The molecule has 30 heavy (non-hydrogen) atoms. The van der Waals surface area contributed by atoms with Crippen LogP contribution >= 0.6 is 11.6 Å². The summed E-state index contributed by atoms with van der Waals surface area (Å²) in [5.74, 6) is -0.267. The van der Waals surface area contributed by atoms with Gasteiger partial charge in [-0.15, -0.1) is 0 Å². The van der Waals surface area contributed by atoms with Crippen molar-refractivity contribution in [1.29, 1.82) is 0 Å². The Labute approximate surface area is 178 Å². The highest BCUT2D eigenvalue weighted by Gasteiger charge is 2.19. The van der Waals surface area contributed by atoms with Gasteiger partial charge in [-0.3, -0.25) is 4.79 Å². The van der Waals surface area contributed by atoms with E-state index in [0.717, 1.165) is 5.56 Å². The van der Waals surface area contributed by atoms with Crippen LogP contribution in [-0.4, -0.2) is 18.7 Å². The van der Waals surface area contributed by atoms with Gasteiger partial charge in [0.25, 0.3) is 5.91 Å². The Morgan fingerprint density at radius 1 is 1.03 bits per heavy atom. The molecule has 0 spiro atoms. The third kappa shape index (κ3) is 4.45. The molecule has 0 unspecified atom stereocenters. The number of anilines is 1. The molecule has 3 aromatic carbocycles. The van der Waals surface area contributed by atoms with Crippen molar-refractivity contribution in [3.05, 3.63) is 94.0 Å². The molecule has 1 aliphatic rings. The molecule has 152 valence electrons. The summed E-state index contributed by atoms with van der Waals surface area (Å²) in [4.78, 5) is 25.2. The maximum absolute atomic E-state index is 12.7. The van der Waals surface area contributed by atoms with Gasteiger partial charge in [0.1, 0.15) is 12.4 Å². The first-order valence-electron chi connectivity index (χ1n) is 9.26. The van der Waals surface area contributed by atoms with E-state index in [1.54, 1.807) is 60.7 Å². The largest absolute Gasteiger partial charge is 0.467 e. The molecule has 1 amide bonds. The predicted octanol–water partition coefficient (Wildman–Crippen LogP) is 4.82. The van der Waals surface area contributed by atoms with E-state index in [1.807, 2.05) is 6.07 Å². The summed E-state index contributed by atoms with van der Waals surface area (Å²) in [6.07, 6.45) is 0. The number of esters is 1.